The second kappa shape index (κ2) is 10.6. The Balaban J connectivity index is 2.01. The second-order valence-electron chi connectivity index (χ2n) is 9.70. The van der Waals surface area contributed by atoms with Crippen molar-refractivity contribution < 1.29 is 24.2 Å². The molecule has 1 heterocycles. The van der Waals surface area contributed by atoms with Crippen molar-refractivity contribution in [3.8, 4) is 0 Å². The van der Waals surface area contributed by atoms with Gasteiger partial charge in [0.05, 0.1) is 31.9 Å². The fourth-order valence-electron chi connectivity index (χ4n) is 5.67. The maximum atomic E-state index is 13.2. The van der Waals surface area contributed by atoms with Gasteiger partial charge in [-0.3, -0.25) is 9.69 Å². The predicted molar refractivity (Wildman–Crippen MR) is 134 cm³/mol. The van der Waals surface area contributed by atoms with Gasteiger partial charge in [0, 0.05) is 6.04 Å². The van der Waals surface area contributed by atoms with Crippen molar-refractivity contribution in [3.63, 3.8) is 0 Å². The Labute approximate surface area is 207 Å². The van der Waals surface area contributed by atoms with E-state index < -0.39 is 29.9 Å². The molecule has 0 aromatic heterocycles. The van der Waals surface area contributed by atoms with E-state index in [2.05, 4.69) is 4.90 Å². The third-order valence-corrected chi connectivity index (χ3v) is 7.45. The lowest BCUT2D eigenvalue weighted by molar-refractivity contribution is -0.151. The number of hydrogen-bond acceptors (Lipinski definition) is 6. The minimum absolute atomic E-state index is 0.112. The zero-order valence-electron chi connectivity index (χ0n) is 21.0. The fraction of sp³-hybridized carbons (Fsp3) is 0.448. The molecule has 2 aliphatic rings. The van der Waals surface area contributed by atoms with E-state index in [4.69, 9.17) is 9.47 Å². The Morgan fingerprint density at radius 3 is 1.89 bits per heavy atom. The standard InChI is InChI=1S/C29H35NO5/c1-18-10-14-20(15-11-18)25-23(28(32)34-3)27(31)24(29(33)35-4)26(21-16-12-19(2)13-17-21)30(25)22-8-6-5-7-9-22/h10-17,22-23,25-26,31H,5-9H2,1-4H3. The summed E-state index contributed by atoms with van der Waals surface area (Å²) < 4.78 is 10.3. The number of rotatable bonds is 5. The molecule has 0 amide bonds. The van der Waals surface area contributed by atoms with E-state index in [1.807, 2.05) is 62.4 Å². The Hall–Kier alpha value is -3.12. The van der Waals surface area contributed by atoms with Gasteiger partial charge in [-0.25, -0.2) is 4.79 Å². The lowest BCUT2D eigenvalue weighted by Crippen LogP contribution is -2.51. The number of hydrogen-bond donors (Lipinski definition) is 1. The van der Waals surface area contributed by atoms with E-state index in [9.17, 15) is 14.7 Å². The number of carbonyl (C=O) groups excluding carboxylic acids is 2. The van der Waals surface area contributed by atoms with Crippen LogP contribution in [-0.2, 0) is 19.1 Å². The molecule has 4 rings (SSSR count). The minimum Gasteiger partial charge on any atom is -0.511 e. The topological polar surface area (TPSA) is 76.1 Å². The van der Waals surface area contributed by atoms with E-state index in [1.54, 1.807) is 0 Å². The van der Waals surface area contributed by atoms with E-state index in [0.29, 0.717) is 0 Å². The summed E-state index contributed by atoms with van der Waals surface area (Å²) in [7, 11) is 2.62. The highest BCUT2D eigenvalue weighted by Crippen LogP contribution is 2.51. The number of ether oxygens (including phenoxy) is 2. The molecule has 3 atom stereocenters. The van der Waals surface area contributed by atoms with Gasteiger partial charge in [0.2, 0.25) is 0 Å². The number of benzene rings is 2. The van der Waals surface area contributed by atoms with Gasteiger partial charge in [0.25, 0.3) is 0 Å². The van der Waals surface area contributed by atoms with Gasteiger partial charge in [-0.2, -0.15) is 0 Å². The van der Waals surface area contributed by atoms with Crippen molar-refractivity contribution in [2.75, 3.05) is 14.2 Å². The molecule has 2 aromatic carbocycles. The van der Waals surface area contributed by atoms with Crippen molar-refractivity contribution in [1.29, 1.82) is 0 Å². The maximum Gasteiger partial charge on any atom is 0.339 e. The molecule has 6 nitrogen and oxygen atoms in total. The van der Waals surface area contributed by atoms with Crippen LogP contribution < -0.4 is 0 Å². The van der Waals surface area contributed by atoms with Crippen LogP contribution in [-0.4, -0.2) is 42.2 Å². The van der Waals surface area contributed by atoms with Crippen molar-refractivity contribution in [2.24, 2.45) is 5.92 Å². The fourth-order valence-corrected chi connectivity index (χ4v) is 5.67. The summed E-state index contributed by atoms with van der Waals surface area (Å²) in [6, 6.07) is 15.1. The molecule has 0 spiro atoms. The van der Waals surface area contributed by atoms with Crippen molar-refractivity contribution in [1.82, 2.24) is 4.90 Å². The first-order valence-corrected chi connectivity index (χ1v) is 12.4. The van der Waals surface area contributed by atoms with Crippen LogP contribution in [0.25, 0.3) is 0 Å². The summed E-state index contributed by atoms with van der Waals surface area (Å²) in [5.41, 5.74) is 4.11. The van der Waals surface area contributed by atoms with E-state index in [0.717, 1.165) is 47.9 Å². The number of methoxy groups -OCH3 is 2. The SMILES string of the molecule is COC(=O)C1=C(O)C(C(=O)OC)C(c2ccc(C)cc2)N(C2CCCCC2)C1c1ccc(C)cc1. The molecule has 0 saturated heterocycles. The third kappa shape index (κ3) is 4.85. The summed E-state index contributed by atoms with van der Waals surface area (Å²) in [6.45, 7) is 4.03. The molecule has 1 saturated carbocycles. The third-order valence-electron chi connectivity index (χ3n) is 7.45. The van der Waals surface area contributed by atoms with Crippen LogP contribution in [0.2, 0.25) is 0 Å². The van der Waals surface area contributed by atoms with Crippen LogP contribution in [0.4, 0.5) is 0 Å². The molecule has 35 heavy (non-hydrogen) atoms. The van der Waals surface area contributed by atoms with Crippen LogP contribution in [0, 0.1) is 19.8 Å². The van der Waals surface area contributed by atoms with Crippen molar-refractivity contribution in [3.05, 3.63) is 82.1 Å². The summed E-state index contributed by atoms with van der Waals surface area (Å²) in [6.07, 6.45) is 5.23. The van der Waals surface area contributed by atoms with Gasteiger partial charge < -0.3 is 14.6 Å². The van der Waals surface area contributed by atoms with Gasteiger partial charge in [-0.05, 0) is 37.8 Å². The highest BCUT2D eigenvalue weighted by Gasteiger charge is 2.52. The Kier molecular flexibility index (Phi) is 7.60. The highest BCUT2D eigenvalue weighted by molar-refractivity contribution is 5.93. The Bertz CT molecular complexity index is 1080. The average molecular weight is 478 g/mol. The first kappa shape index (κ1) is 25.0. The van der Waals surface area contributed by atoms with Gasteiger partial charge in [-0.15, -0.1) is 0 Å². The number of aryl methyl sites for hydroxylation is 2. The monoisotopic (exact) mass is 477 g/mol. The lowest BCUT2D eigenvalue weighted by Gasteiger charge is -2.50. The summed E-state index contributed by atoms with van der Waals surface area (Å²) in [4.78, 5) is 28.7. The van der Waals surface area contributed by atoms with Crippen LogP contribution >= 0.6 is 0 Å². The normalized spacial score (nSPS) is 23.7. The predicted octanol–water partition coefficient (Wildman–Crippen LogP) is 5.51. The summed E-state index contributed by atoms with van der Waals surface area (Å²) in [5, 5.41) is 11.6. The molecule has 0 radical (unpaired) electrons. The first-order valence-electron chi connectivity index (χ1n) is 12.4. The molecule has 186 valence electrons. The molecule has 1 fully saturated rings. The van der Waals surface area contributed by atoms with E-state index >= 15 is 0 Å². The van der Waals surface area contributed by atoms with Crippen molar-refractivity contribution >= 4 is 11.9 Å². The van der Waals surface area contributed by atoms with Crippen LogP contribution in [0.1, 0.15) is 66.4 Å². The van der Waals surface area contributed by atoms with Gasteiger partial charge >= 0.3 is 11.9 Å². The average Bonchev–Trinajstić information content (AvgIpc) is 2.88. The minimum atomic E-state index is -1.04. The molecular formula is C29H35NO5. The van der Waals surface area contributed by atoms with Crippen LogP contribution in [0.3, 0.4) is 0 Å². The number of aliphatic hydroxyl groups excluding tert-OH is 1. The summed E-state index contributed by atoms with van der Waals surface area (Å²) in [5.74, 6) is -2.52. The van der Waals surface area contributed by atoms with Gasteiger partial charge in [-0.1, -0.05) is 78.9 Å². The van der Waals surface area contributed by atoms with Crippen molar-refractivity contribution in [2.45, 2.75) is 64.1 Å². The highest BCUT2D eigenvalue weighted by atomic mass is 16.5. The number of esters is 2. The number of carbonyl (C=O) groups is 2. The van der Waals surface area contributed by atoms with E-state index in [1.165, 1.54) is 20.6 Å². The molecule has 6 heteroatoms. The molecule has 3 unspecified atom stereocenters. The molecule has 0 bridgehead atoms. The molecule has 1 aliphatic heterocycles. The Morgan fingerprint density at radius 2 is 1.37 bits per heavy atom. The lowest BCUT2D eigenvalue weighted by atomic mass is 9.76. The van der Waals surface area contributed by atoms with Gasteiger partial charge in [0.1, 0.15) is 11.7 Å². The maximum absolute atomic E-state index is 13.2. The number of nitrogens with zero attached hydrogens (tertiary/aromatic N) is 1. The second-order valence-corrected chi connectivity index (χ2v) is 9.70. The number of aliphatic hydroxyl groups is 1. The quantitative estimate of drug-likeness (QED) is 0.573. The first-order chi connectivity index (χ1) is 16.9. The molecular weight excluding hydrogens is 442 g/mol. The van der Waals surface area contributed by atoms with Gasteiger partial charge in [0.15, 0.2) is 0 Å². The van der Waals surface area contributed by atoms with Crippen LogP contribution in [0.15, 0.2) is 59.9 Å². The molecule has 1 N–H and O–H groups in total. The summed E-state index contributed by atoms with van der Waals surface area (Å²) >= 11 is 0. The Morgan fingerprint density at radius 1 is 0.829 bits per heavy atom. The zero-order chi connectivity index (χ0) is 25.1. The zero-order valence-corrected chi connectivity index (χ0v) is 21.0. The largest absolute Gasteiger partial charge is 0.511 e. The van der Waals surface area contributed by atoms with Crippen LogP contribution in [0.5, 0.6) is 0 Å². The van der Waals surface area contributed by atoms with E-state index in [-0.39, 0.29) is 17.4 Å². The molecule has 2 aromatic rings. The molecule has 1 aliphatic carbocycles. The smallest absolute Gasteiger partial charge is 0.339 e.